The van der Waals surface area contributed by atoms with Gasteiger partial charge in [0, 0.05) is 25.7 Å². The molecule has 1 fully saturated rings. The van der Waals surface area contributed by atoms with E-state index in [1.54, 1.807) is 31.2 Å². The highest BCUT2D eigenvalue weighted by atomic mass is 32.2. The molecular weight excluding hydrogens is 392 g/mol. The monoisotopic (exact) mass is 418 g/mol. The summed E-state index contributed by atoms with van der Waals surface area (Å²) in [4.78, 5) is 12.1. The van der Waals surface area contributed by atoms with Gasteiger partial charge in [-0.2, -0.15) is 0 Å². The van der Waals surface area contributed by atoms with Crippen LogP contribution < -0.4 is 15.8 Å². The van der Waals surface area contributed by atoms with Gasteiger partial charge in [0.2, 0.25) is 20.0 Å². The largest absolute Gasteiger partial charge is 0.335 e. The van der Waals surface area contributed by atoms with Crippen LogP contribution in [0.15, 0.2) is 24.3 Å². The number of rotatable bonds is 7. The topological polar surface area (TPSA) is 139 Å². The van der Waals surface area contributed by atoms with E-state index in [1.165, 1.54) is 4.31 Å². The van der Waals surface area contributed by atoms with E-state index < -0.39 is 20.0 Å². The van der Waals surface area contributed by atoms with E-state index in [9.17, 15) is 21.6 Å². The van der Waals surface area contributed by atoms with Crippen LogP contribution >= 0.6 is 0 Å². The SMILES string of the molecule is CCS(=O)(=O)N1CCC(NC(=O)NCc2ccccc2CS(N)(=O)=O)CC1. The zero-order valence-electron chi connectivity index (χ0n) is 15.2. The molecule has 9 nitrogen and oxygen atoms in total. The van der Waals surface area contributed by atoms with Crippen molar-refractivity contribution in [1.29, 1.82) is 0 Å². The molecule has 1 aromatic carbocycles. The summed E-state index contributed by atoms with van der Waals surface area (Å²) >= 11 is 0. The Morgan fingerprint density at radius 3 is 2.30 bits per heavy atom. The number of urea groups is 1. The number of carbonyl (C=O) groups is 1. The Bertz CT molecular complexity index is 863. The molecule has 1 aromatic rings. The highest BCUT2D eigenvalue weighted by Crippen LogP contribution is 2.15. The van der Waals surface area contributed by atoms with E-state index in [1.807, 2.05) is 0 Å². The number of nitrogens with one attached hydrogen (secondary N) is 2. The van der Waals surface area contributed by atoms with E-state index in [-0.39, 0.29) is 30.1 Å². The van der Waals surface area contributed by atoms with Gasteiger partial charge in [-0.15, -0.1) is 0 Å². The van der Waals surface area contributed by atoms with Gasteiger partial charge in [-0.3, -0.25) is 0 Å². The number of amides is 2. The van der Waals surface area contributed by atoms with Crippen LogP contribution in [0.4, 0.5) is 4.79 Å². The van der Waals surface area contributed by atoms with Gasteiger partial charge < -0.3 is 10.6 Å². The molecule has 0 aromatic heterocycles. The standard InChI is InChI=1S/C16H26N4O5S2/c1-2-27(24,25)20-9-7-15(8-10-20)19-16(21)18-11-13-5-3-4-6-14(13)12-26(17,22)23/h3-6,15H,2,7-12H2,1H3,(H2,17,22,23)(H2,18,19,21). The second kappa shape index (κ2) is 9.00. The Labute approximate surface area is 160 Å². The predicted octanol–water partition coefficient (Wildman–Crippen LogP) is 0.0884. The van der Waals surface area contributed by atoms with Gasteiger partial charge in [-0.25, -0.2) is 31.1 Å². The summed E-state index contributed by atoms with van der Waals surface area (Å²) in [7, 11) is -6.86. The summed E-state index contributed by atoms with van der Waals surface area (Å²) in [6.45, 7) is 2.55. The number of benzene rings is 1. The van der Waals surface area contributed by atoms with Crippen LogP contribution in [0, 0.1) is 0 Å². The van der Waals surface area contributed by atoms with Crippen molar-refractivity contribution in [2.45, 2.75) is 38.1 Å². The molecule has 0 unspecified atom stereocenters. The lowest BCUT2D eigenvalue weighted by atomic mass is 10.1. The molecule has 0 spiro atoms. The minimum absolute atomic E-state index is 0.0729. The number of piperidine rings is 1. The van der Waals surface area contributed by atoms with Gasteiger partial charge in [0.15, 0.2) is 0 Å². The van der Waals surface area contributed by atoms with Crippen molar-refractivity contribution in [2.24, 2.45) is 5.14 Å². The van der Waals surface area contributed by atoms with Crippen molar-refractivity contribution < 1.29 is 21.6 Å². The molecule has 0 saturated carbocycles. The lowest BCUT2D eigenvalue weighted by molar-refractivity contribution is 0.227. The first-order valence-corrected chi connectivity index (χ1v) is 12.0. The average Bonchev–Trinajstić information content (AvgIpc) is 2.60. The number of carbonyl (C=O) groups excluding carboxylic acids is 1. The lowest BCUT2D eigenvalue weighted by Gasteiger charge is -2.31. The number of hydrogen-bond acceptors (Lipinski definition) is 5. The highest BCUT2D eigenvalue weighted by Gasteiger charge is 2.27. The molecule has 152 valence electrons. The summed E-state index contributed by atoms with van der Waals surface area (Å²) in [5.74, 6) is -0.222. The Morgan fingerprint density at radius 1 is 1.15 bits per heavy atom. The predicted molar refractivity (Wildman–Crippen MR) is 103 cm³/mol. The first-order valence-electron chi connectivity index (χ1n) is 8.70. The van der Waals surface area contributed by atoms with Gasteiger partial charge in [-0.05, 0) is 30.9 Å². The van der Waals surface area contributed by atoms with Gasteiger partial charge in [0.25, 0.3) is 0 Å². The van der Waals surface area contributed by atoms with E-state index >= 15 is 0 Å². The fourth-order valence-corrected chi connectivity index (χ4v) is 4.81. The second-order valence-corrected chi connectivity index (χ2v) is 10.3. The number of sulfonamides is 2. The maximum atomic E-state index is 12.1. The third kappa shape index (κ3) is 6.76. The first kappa shape index (κ1) is 21.6. The van der Waals surface area contributed by atoms with Gasteiger partial charge in [0.05, 0.1) is 11.5 Å². The normalized spacial score (nSPS) is 16.8. The van der Waals surface area contributed by atoms with Crippen LogP contribution in [0.25, 0.3) is 0 Å². The van der Waals surface area contributed by atoms with Gasteiger partial charge in [0.1, 0.15) is 0 Å². The van der Waals surface area contributed by atoms with Gasteiger partial charge in [-0.1, -0.05) is 24.3 Å². The minimum Gasteiger partial charge on any atom is -0.335 e. The Hall–Kier alpha value is -1.69. The van der Waals surface area contributed by atoms with Crippen LogP contribution in [0.5, 0.6) is 0 Å². The maximum absolute atomic E-state index is 12.1. The molecule has 2 amide bonds. The van der Waals surface area contributed by atoms with Crippen molar-refractivity contribution in [3.63, 3.8) is 0 Å². The Balaban J connectivity index is 1.84. The van der Waals surface area contributed by atoms with E-state index in [2.05, 4.69) is 10.6 Å². The second-order valence-electron chi connectivity index (χ2n) is 6.48. The summed E-state index contributed by atoms with van der Waals surface area (Å²) in [5.41, 5.74) is 1.21. The van der Waals surface area contributed by atoms with Crippen molar-refractivity contribution in [3.05, 3.63) is 35.4 Å². The number of primary sulfonamides is 1. The van der Waals surface area contributed by atoms with Crippen molar-refractivity contribution in [2.75, 3.05) is 18.8 Å². The Morgan fingerprint density at radius 2 is 1.74 bits per heavy atom. The molecule has 1 aliphatic rings. The first-order chi connectivity index (χ1) is 12.6. The number of nitrogens with two attached hydrogens (primary N) is 1. The summed E-state index contributed by atoms with van der Waals surface area (Å²) in [5, 5.41) is 10.6. The molecular formula is C16H26N4O5S2. The maximum Gasteiger partial charge on any atom is 0.315 e. The number of hydrogen-bond donors (Lipinski definition) is 3. The molecule has 1 aliphatic heterocycles. The molecule has 4 N–H and O–H groups in total. The van der Waals surface area contributed by atoms with Crippen molar-refractivity contribution >= 4 is 26.1 Å². The van der Waals surface area contributed by atoms with Crippen LogP contribution in [0.3, 0.4) is 0 Å². The van der Waals surface area contributed by atoms with Crippen LogP contribution in [-0.4, -0.2) is 52.1 Å². The van der Waals surface area contributed by atoms with Gasteiger partial charge >= 0.3 is 6.03 Å². The minimum atomic E-state index is -3.66. The summed E-state index contributed by atoms with van der Waals surface area (Å²) in [6, 6.07) is 6.37. The molecule has 1 saturated heterocycles. The third-order valence-electron chi connectivity index (χ3n) is 4.46. The highest BCUT2D eigenvalue weighted by molar-refractivity contribution is 7.89. The van der Waals surface area contributed by atoms with Crippen LogP contribution in [0.1, 0.15) is 30.9 Å². The van der Waals surface area contributed by atoms with Crippen molar-refractivity contribution in [1.82, 2.24) is 14.9 Å². The summed E-state index contributed by atoms with van der Waals surface area (Å²) in [6.07, 6.45) is 1.10. The molecule has 2 rings (SSSR count). The molecule has 0 aliphatic carbocycles. The summed E-state index contributed by atoms with van der Waals surface area (Å²) < 4.78 is 47.8. The average molecular weight is 419 g/mol. The molecule has 0 radical (unpaired) electrons. The molecule has 1 heterocycles. The van der Waals surface area contributed by atoms with Crippen molar-refractivity contribution in [3.8, 4) is 0 Å². The van der Waals surface area contributed by atoms with E-state index in [4.69, 9.17) is 5.14 Å². The fraction of sp³-hybridized carbons (Fsp3) is 0.562. The van der Waals surface area contributed by atoms with E-state index in [0.717, 1.165) is 0 Å². The number of nitrogens with zero attached hydrogens (tertiary/aromatic N) is 1. The molecule has 0 bridgehead atoms. The molecule has 0 atom stereocenters. The quantitative estimate of drug-likeness (QED) is 0.576. The van der Waals surface area contributed by atoms with E-state index in [0.29, 0.717) is 37.1 Å². The van der Waals surface area contributed by atoms with Crippen LogP contribution in [0.2, 0.25) is 0 Å². The smallest absolute Gasteiger partial charge is 0.315 e. The molecule has 11 heteroatoms. The lowest BCUT2D eigenvalue weighted by Crippen LogP contribution is -2.49. The van der Waals surface area contributed by atoms with Crippen LogP contribution in [-0.2, 0) is 32.3 Å². The fourth-order valence-electron chi connectivity index (χ4n) is 2.96. The zero-order chi connectivity index (χ0) is 20.1. The molecule has 27 heavy (non-hydrogen) atoms. The Kier molecular flexibility index (Phi) is 7.20. The third-order valence-corrected chi connectivity index (χ3v) is 7.06. The zero-order valence-corrected chi connectivity index (χ0v) is 16.9.